The predicted octanol–water partition coefficient (Wildman–Crippen LogP) is 4.99. The fourth-order valence-electron chi connectivity index (χ4n) is 3.82. The summed E-state index contributed by atoms with van der Waals surface area (Å²) in [6, 6.07) is 14.1. The van der Waals surface area contributed by atoms with Gasteiger partial charge in [-0.05, 0) is 49.6 Å². The van der Waals surface area contributed by atoms with Crippen LogP contribution in [0, 0.1) is 0 Å². The second kappa shape index (κ2) is 13.2. The zero-order valence-corrected chi connectivity index (χ0v) is 21.5. The van der Waals surface area contributed by atoms with Crippen LogP contribution in [0.1, 0.15) is 43.9 Å². The molecule has 0 atom stereocenters. The van der Waals surface area contributed by atoms with Gasteiger partial charge in [0.05, 0.1) is 18.8 Å². The van der Waals surface area contributed by atoms with Gasteiger partial charge < -0.3 is 20.0 Å². The van der Waals surface area contributed by atoms with Crippen LogP contribution in [0.3, 0.4) is 0 Å². The molecule has 4 rings (SSSR count). The summed E-state index contributed by atoms with van der Waals surface area (Å²) in [4.78, 5) is 16.3. The number of aromatic nitrogens is 2. The zero-order valence-electron chi connectivity index (χ0n) is 19.2. The summed E-state index contributed by atoms with van der Waals surface area (Å²) in [5, 5.41) is 6.65. The Hall–Kier alpha value is -2.62. The van der Waals surface area contributed by atoms with E-state index in [0.29, 0.717) is 19.0 Å². The van der Waals surface area contributed by atoms with Crippen LogP contribution in [0.15, 0.2) is 64.3 Å². The van der Waals surface area contributed by atoms with Crippen LogP contribution in [-0.4, -0.2) is 35.6 Å². The molecular formula is C25H33IN6O. The molecule has 176 valence electrons. The molecule has 1 aliphatic rings. The highest BCUT2D eigenvalue weighted by atomic mass is 127. The Kier molecular flexibility index (Phi) is 9.99. The number of oxazole rings is 1. The first kappa shape index (κ1) is 25.0. The Morgan fingerprint density at radius 2 is 1.85 bits per heavy atom. The number of hydrogen-bond acceptors (Lipinski definition) is 5. The highest BCUT2D eigenvalue weighted by Crippen LogP contribution is 2.19. The van der Waals surface area contributed by atoms with Gasteiger partial charge in [-0.3, -0.25) is 0 Å². The van der Waals surface area contributed by atoms with E-state index in [9.17, 15) is 0 Å². The molecule has 0 saturated carbocycles. The van der Waals surface area contributed by atoms with Crippen molar-refractivity contribution in [3.63, 3.8) is 0 Å². The van der Waals surface area contributed by atoms with E-state index in [0.717, 1.165) is 48.2 Å². The number of nitrogens with zero attached hydrogens (tertiary/aromatic N) is 4. The quantitative estimate of drug-likeness (QED) is 0.241. The summed E-state index contributed by atoms with van der Waals surface area (Å²) in [5.41, 5.74) is 2.96. The molecule has 0 radical (unpaired) electrons. The second-order valence-corrected chi connectivity index (χ2v) is 7.98. The molecule has 1 saturated heterocycles. The first-order chi connectivity index (χ1) is 15.8. The van der Waals surface area contributed by atoms with Crippen molar-refractivity contribution in [2.24, 2.45) is 4.99 Å². The number of pyridine rings is 1. The molecule has 0 aliphatic carbocycles. The van der Waals surface area contributed by atoms with E-state index in [1.807, 2.05) is 42.6 Å². The third kappa shape index (κ3) is 7.45. The average molecular weight is 560 g/mol. The fraction of sp³-hybridized carbons (Fsp3) is 0.400. The van der Waals surface area contributed by atoms with Crippen molar-refractivity contribution in [1.82, 2.24) is 20.6 Å². The molecule has 2 aromatic heterocycles. The number of nitrogens with one attached hydrogen (secondary N) is 2. The minimum atomic E-state index is 0. The van der Waals surface area contributed by atoms with E-state index in [4.69, 9.17) is 9.41 Å². The minimum absolute atomic E-state index is 0. The molecule has 1 aromatic carbocycles. The van der Waals surface area contributed by atoms with Crippen LogP contribution in [0.4, 0.5) is 5.82 Å². The van der Waals surface area contributed by atoms with E-state index >= 15 is 0 Å². The Morgan fingerprint density at radius 3 is 2.61 bits per heavy atom. The molecule has 0 bridgehead atoms. The maximum absolute atomic E-state index is 5.63. The third-order valence-electron chi connectivity index (χ3n) is 5.51. The third-order valence-corrected chi connectivity index (χ3v) is 5.51. The van der Waals surface area contributed by atoms with Gasteiger partial charge in [-0.2, -0.15) is 0 Å². The van der Waals surface area contributed by atoms with E-state index in [1.165, 1.54) is 25.7 Å². The summed E-state index contributed by atoms with van der Waals surface area (Å²) >= 11 is 0. The molecule has 0 spiro atoms. The highest BCUT2D eigenvalue weighted by Gasteiger charge is 2.11. The van der Waals surface area contributed by atoms with E-state index in [2.05, 4.69) is 38.5 Å². The lowest BCUT2D eigenvalue weighted by Crippen LogP contribution is -2.36. The van der Waals surface area contributed by atoms with Crippen LogP contribution in [0.5, 0.6) is 0 Å². The molecule has 0 unspecified atom stereocenters. The van der Waals surface area contributed by atoms with E-state index in [-0.39, 0.29) is 24.0 Å². The fourth-order valence-corrected chi connectivity index (χ4v) is 3.82. The number of guanidine groups is 1. The van der Waals surface area contributed by atoms with Crippen LogP contribution in [0.2, 0.25) is 0 Å². The molecule has 0 amide bonds. The number of rotatable bonds is 7. The molecular weight excluding hydrogens is 527 g/mol. The number of hydrogen-bond donors (Lipinski definition) is 2. The van der Waals surface area contributed by atoms with Gasteiger partial charge in [0.2, 0.25) is 5.89 Å². The number of benzene rings is 1. The van der Waals surface area contributed by atoms with Crippen molar-refractivity contribution in [3.05, 3.63) is 66.2 Å². The summed E-state index contributed by atoms with van der Waals surface area (Å²) < 4.78 is 5.63. The monoisotopic (exact) mass is 560 g/mol. The second-order valence-electron chi connectivity index (χ2n) is 7.98. The van der Waals surface area contributed by atoms with Crippen molar-refractivity contribution in [3.8, 4) is 11.5 Å². The first-order valence-electron chi connectivity index (χ1n) is 11.5. The summed E-state index contributed by atoms with van der Waals surface area (Å²) in [6.45, 7) is 6.16. The summed E-state index contributed by atoms with van der Waals surface area (Å²) in [5.74, 6) is 2.45. The van der Waals surface area contributed by atoms with Crippen LogP contribution < -0.4 is 15.5 Å². The molecule has 1 aliphatic heterocycles. The molecule has 3 aromatic rings. The normalized spacial score (nSPS) is 14.3. The SMILES string of the molecule is CCNC(=NCc1ccnc(N2CCCCCC2)c1)NCc1coc(-c2ccccc2)n1.I. The number of anilines is 1. The van der Waals surface area contributed by atoms with Gasteiger partial charge in [0.15, 0.2) is 5.96 Å². The molecule has 7 nitrogen and oxygen atoms in total. The van der Waals surface area contributed by atoms with Gasteiger partial charge >= 0.3 is 0 Å². The van der Waals surface area contributed by atoms with Crippen LogP contribution >= 0.6 is 24.0 Å². The van der Waals surface area contributed by atoms with Crippen LogP contribution in [-0.2, 0) is 13.1 Å². The van der Waals surface area contributed by atoms with Crippen molar-refractivity contribution in [1.29, 1.82) is 0 Å². The molecule has 33 heavy (non-hydrogen) atoms. The minimum Gasteiger partial charge on any atom is -0.444 e. The van der Waals surface area contributed by atoms with Crippen molar-refractivity contribution >= 4 is 35.8 Å². The smallest absolute Gasteiger partial charge is 0.226 e. The summed E-state index contributed by atoms with van der Waals surface area (Å²) in [6.07, 6.45) is 8.70. The van der Waals surface area contributed by atoms with Crippen molar-refractivity contribution in [2.75, 3.05) is 24.5 Å². The molecule has 2 N–H and O–H groups in total. The van der Waals surface area contributed by atoms with Gasteiger partial charge in [-0.25, -0.2) is 15.0 Å². The van der Waals surface area contributed by atoms with Gasteiger partial charge in [0.1, 0.15) is 12.1 Å². The van der Waals surface area contributed by atoms with Gasteiger partial charge in [0.25, 0.3) is 0 Å². The Bertz CT molecular complexity index is 999. The first-order valence-corrected chi connectivity index (χ1v) is 11.5. The van der Waals surface area contributed by atoms with Gasteiger partial charge in [-0.1, -0.05) is 31.0 Å². The molecule has 8 heteroatoms. The predicted molar refractivity (Wildman–Crippen MR) is 144 cm³/mol. The van der Waals surface area contributed by atoms with E-state index in [1.54, 1.807) is 6.26 Å². The molecule has 1 fully saturated rings. The maximum atomic E-state index is 5.63. The van der Waals surface area contributed by atoms with Gasteiger partial charge in [0, 0.05) is 31.4 Å². The Morgan fingerprint density at radius 1 is 1.06 bits per heavy atom. The standard InChI is InChI=1S/C25H32N6O.HI/c1-2-26-25(29-18-22-19-32-24(30-22)21-10-6-5-7-11-21)28-17-20-12-13-27-23(16-20)31-14-8-3-4-9-15-31;/h5-7,10-13,16,19H,2-4,8-9,14-15,17-18H2,1H3,(H2,26,28,29);1H. The van der Waals surface area contributed by atoms with Crippen molar-refractivity contribution in [2.45, 2.75) is 45.7 Å². The topological polar surface area (TPSA) is 78.6 Å². The average Bonchev–Trinajstić information content (AvgIpc) is 3.14. The Balaban J connectivity index is 0.00000306. The number of halogens is 1. The lowest BCUT2D eigenvalue weighted by molar-refractivity contribution is 0.572. The van der Waals surface area contributed by atoms with E-state index < -0.39 is 0 Å². The largest absolute Gasteiger partial charge is 0.444 e. The Labute approximate surface area is 213 Å². The van der Waals surface area contributed by atoms with Crippen molar-refractivity contribution < 1.29 is 4.42 Å². The lowest BCUT2D eigenvalue weighted by atomic mass is 10.2. The zero-order chi connectivity index (χ0) is 22.0. The highest BCUT2D eigenvalue weighted by molar-refractivity contribution is 14.0. The summed E-state index contributed by atoms with van der Waals surface area (Å²) in [7, 11) is 0. The van der Waals surface area contributed by atoms with Gasteiger partial charge in [-0.15, -0.1) is 24.0 Å². The number of aliphatic imine (C=N–C) groups is 1. The molecule has 3 heterocycles. The van der Waals surface area contributed by atoms with Crippen LogP contribution in [0.25, 0.3) is 11.5 Å². The maximum Gasteiger partial charge on any atom is 0.226 e. The lowest BCUT2D eigenvalue weighted by Gasteiger charge is -2.21.